The molecule has 0 aliphatic heterocycles. The van der Waals surface area contributed by atoms with Crippen molar-refractivity contribution in [2.24, 2.45) is 0 Å². The third-order valence-corrected chi connectivity index (χ3v) is 3.63. The Kier molecular flexibility index (Phi) is 5.55. The Labute approximate surface area is 154 Å². The predicted octanol–water partition coefficient (Wildman–Crippen LogP) is 2.10. The SMILES string of the molecule is CCOc1cc(=O)c(C(=O)NCc2ccccn2)nn1-c1ccc(F)cc1. The van der Waals surface area contributed by atoms with Crippen LogP contribution in [-0.4, -0.2) is 27.3 Å². The number of rotatable bonds is 6. The lowest BCUT2D eigenvalue weighted by Gasteiger charge is -2.13. The molecule has 0 fully saturated rings. The van der Waals surface area contributed by atoms with E-state index in [1.54, 1.807) is 31.3 Å². The number of nitrogens with zero attached hydrogens (tertiary/aromatic N) is 3. The largest absolute Gasteiger partial charge is 0.478 e. The molecule has 138 valence electrons. The van der Waals surface area contributed by atoms with Gasteiger partial charge < -0.3 is 10.1 Å². The number of carbonyl (C=O) groups is 1. The quantitative estimate of drug-likeness (QED) is 0.720. The molecule has 3 aromatic rings. The molecule has 1 aromatic carbocycles. The molecule has 0 spiro atoms. The second kappa shape index (κ2) is 8.22. The van der Waals surface area contributed by atoms with Gasteiger partial charge in [-0.3, -0.25) is 14.6 Å². The number of halogens is 1. The molecule has 2 aromatic heterocycles. The highest BCUT2D eigenvalue weighted by Crippen LogP contribution is 2.16. The van der Waals surface area contributed by atoms with Gasteiger partial charge in [-0.05, 0) is 43.3 Å². The Morgan fingerprint density at radius 1 is 1.22 bits per heavy atom. The number of nitrogens with one attached hydrogen (secondary N) is 1. The number of aromatic nitrogens is 3. The summed E-state index contributed by atoms with van der Waals surface area (Å²) in [4.78, 5) is 28.8. The number of benzene rings is 1. The molecule has 7 nitrogen and oxygen atoms in total. The fourth-order valence-electron chi connectivity index (χ4n) is 2.37. The molecule has 0 unspecified atom stereocenters. The zero-order valence-electron chi connectivity index (χ0n) is 14.6. The molecule has 1 N–H and O–H groups in total. The molecule has 1 amide bonds. The average Bonchev–Trinajstić information content (AvgIpc) is 2.68. The van der Waals surface area contributed by atoms with Crippen LogP contribution in [0.15, 0.2) is 59.5 Å². The molecular formula is C19H17FN4O3. The van der Waals surface area contributed by atoms with E-state index in [0.29, 0.717) is 18.0 Å². The van der Waals surface area contributed by atoms with Gasteiger partial charge in [-0.2, -0.15) is 5.10 Å². The number of carbonyl (C=O) groups excluding carboxylic acids is 1. The maximum absolute atomic E-state index is 13.2. The Morgan fingerprint density at radius 2 is 2.00 bits per heavy atom. The van der Waals surface area contributed by atoms with E-state index >= 15 is 0 Å². The zero-order chi connectivity index (χ0) is 19.2. The van der Waals surface area contributed by atoms with Gasteiger partial charge in [0.2, 0.25) is 11.3 Å². The van der Waals surface area contributed by atoms with E-state index < -0.39 is 17.2 Å². The first-order valence-corrected chi connectivity index (χ1v) is 8.29. The van der Waals surface area contributed by atoms with Crippen molar-refractivity contribution in [3.63, 3.8) is 0 Å². The van der Waals surface area contributed by atoms with Crippen molar-refractivity contribution in [1.82, 2.24) is 20.1 Å². The molecule has 0 bridgehead atoms. The lowest BCUT2D eigenvalue weighted by atomic mass is 10.3. The molecule has 2 heterocycles. The van der Waals surface area contributed by atoms with Crippen molar-refractivity contribution in [2.45, 2.75) is 13.5 Å². The lowest BCUT2D eigenvalue weighted by Crippen LogP contribution is -2.31. The number of pyridine rings is 1. The van der Waals surface area contributed by atoms with Gasteiger partial charge in [-0.1, -0.05) is 6.07 Å². The van der Waals surface area contributed by atoms with E-state index in [0.717, 1.165) is 0 Å². The van der Waals surface area contributed by atoms with E-state index in [1.807, 2.05) is 0 Å². The van der Waals surface area contributed by atoms with Gasteiger partial charge in [0.25, 0.3) is 5.91 Å². The van der Waals surface area contributed by atoms with Gasteiger partial charge in [0, 0.05) is 6.20 Å². The fourth-order valence-corrected chi connectivity index (χ4v) is 2.37. The molecule has 8 heteroatoms. The Balaban J connectivity index is 1.93. The topological polar surface area (TPSA) is 86.1 Å². The molecule has 3 rings (SSSR count). The fraction of sp³-hybridized carbons (Fsp3) is 0.158. The summed E-state index contributed by atoms with van der Waals surface area (Å²) in [6.07, 6.45) is 1.61. The van der Waals surface area contributed by atoms with E-state index in [1.165, 1.54) is 35.0 Å². The van der Waals surface area contributed by atoms with Gasteiger partial charge in [-0.15, -0.1) is 0 Å². The van der Waals surface area contributed by atoms with Crippen LogP contribution >= 0.6 is 0 Å². The summed E-state index contributed by atoms with van der Waals surface area (Å²) in [7, 11) is 0. The molecule has 0 atom stereocenters. The van der Waals surface area contributed by atoms with Gasteiger partial charge in [0.1, 0.15) is 5.82 Å². The Hall–Kier alpha value is -3.55. The van der Waals surface area contributed by atoms with Crippen LogP contribution in [-0.2, 0) is 6.54 Å². The van der Waals surface area contributed by atoms with Crippen LogP contribution in [0.4, 0.5) is 4.39 Å². The predicted molar refractivity (Wildman–Crippen MR) is 96.4 cm³/mol. The highest BCUT2D eigenvalue weighted by atomic mass is 19.1. The minimum absolute atomic E-state index is 0.157. The van der Waals surface area contributed by atoms with Crippen LogP contribution in [0.3, 0.4) is 0 Å². The third-order valence-electron chi connectivity index (χ3n) is 3.63. The van der Waals surface area contributed by atoms with E-state index in [4.69, 9.17) is 4.74 Å². The molecule has 0 aliphatic carbocycles. The molecule has 0 saturated heterocycles. The average molecular weight is 368 g/mol. The number of hydrogen-bond donors (Lipinski definition) is 1. The van der Waals surface area contributed by atoms with Gasteiger partial charge >= 0.3 is 0 Å². The summed E-state index contributed by atoms with van der Waals surface area (Å²) in [6.45, 7) is 2.21. The van der Waals surface area contributed by atoms with Crippen molar-refractivity contribution < 1.29 is 13.9 Å². The molecule has 0 saturated carbocycles. The highest BCUT2D eigenvalue weighted by molar-refractivity contribution is 5.92. The van der Waals surface area contributed by atoms with E-state index in [9.17, 15) is 14.0 Å². The summed E-state index contributed by atoms with van der Waals surface area (Å²) >= 11 is 0. The molecule has 0 aliphatic rings. The second-order valence-corrected chi connectivity index (χ2v) is 5.52. The first-order chi connectivity index (χ1) is 13.1. The van der Waals surface area contributed by atoms with Crippen LogP contribution in [0.25, 0.3) is 5.69 Å². The second-order valence-electron chi connectivity index (χ2n) is 5.52. The van der Waals surface area contributed by atoms with Gasteiger partial charge in [0.15, 0.2) is 5.69 Å². The summed E-state index contributed by atoms with van der Waals surface area (Å²) < 4.78 is 19.9. The van der Waals surface area contributed by atoms with E-state index in [-0.39, 0.29) is 18.1 Å². The van der Waals surface area contributed by atoms with E-state index in [2.05, 4.69) is 15.4 Å². The zero-order valence-corrected chi connectivity index (χ0v) is 14.6. The summed E-state index contributed by atoms with van der Waals surface area (Å²) in [5.41, 5.74) is 0.239. The Morgan fingerprint density at radius 3 is 2.67 bits per heavy atom. The van der Waals surface area contributed by atoms with Crippen LogP contribution in [0.5, 0.6) is 5.88 Å². The summed E-state index contributed by atoms with van der Waals surface area (Å²) in [5, 5.41) is 6.74. The number of ether oxygens (including phenoxy) is 1. The minimum atomic E-state index is -0.635. The normalized spacial score (nSPS) is 10.4. The van der Waals surface area contributed by atoms with Crippen molar-refractivity contribution >= 4 is 5.91 Å². The monoisotopic (exact) mass is 368 g/mol. The van der Waals surface area contributed by atoms with Crippen LogP contribution < -0.4 is 15.5 Å². The maximum atomic E-state index is 13.2. The number of amides is 1. The van der Waals surface area contributed by atoms with Crippen molar-refractivity contribution in [3.8, 4) is 11.6 Å². The molecule has 27 heavy (non-hydrogen) atoms. The maximum Gasteiger partial charge on any atom is 0.276 e. The van der Waals surface area contributed by atoms with Gasteiger partial charge in [0.05, 0.1) is 30.6 Å². The lowest BCUT2D eigenvalue weighted by molar-refractivity contribution is 0.0942. The smallest absolute Gasteiger partial charge is 0.276 e. The molecule has 0 radical (unpaired) electrons. The first-order valence-electron chi connectivity index (χ1n) is 8.29. The standard InChI is InChI=1S/C19H17FN4O3/c1-2-27-17-11-16(25)18(19(26)22-12-14-5-3-4-10-21-14)23-24(17)15-8-6-13(20)7-9-15/h3-11H,2,12H2,1H3,(H,22,26). The van der Waals surface area contributed by atoms with Crippen molar-refractivity contribution in [1.29, 1.82) is 0 Å². The number of hydrogen-bond acceptors (Lipinski definition) is 5. The highest BCUT2D eigenvalue weighted by Gasteiger charge is 2.17. The summed E-state index contributed by atoms with van der Waals surface area (Å²) in [6, 6.07) is 12.0. The van der Waals surface area contributed by atoms with Crippen LogP contribution in [0, 0.1) is 5.82 Å². The Bertz CT molecular complexity index is 988. The van der Waals surface area contributed by atoms with Gasteiger partial charge in [-0.25, -0.2) is 9.07 Å². The molecular weight excluding hydrogens is 351 g/mol. The summed E-state index contributed by atoms with van der Waals surface area (Å²) in [5.74, 6) is -0.883. The van der Waals surface area contributed by atoms with Crippen LogP contribution in [0.2, 0.25) is 0 Å². The van der Waals surface area contributed by atoms with Crippen molar-refractivity contribution in [3.05, 3.63) is 82.2 Å². The van der Waals surface area contributed by atoms with Crippen molar-refractivity contribution in [2.75, 3.05) is 6.61 Å². The van der Waals surface area contributed by atoms with Crippen LogP contribution in [0.1, 0.15) is 23.1 Å². The first kappa shape index (κ1) is 18.2. The third kappa shape index (κ3) is 4.35. The minimum Gasteiger partial charge on any atom is -0.478 e.